The lowest BCUT2D eigenvalue weighted by Gasteiger charge is -2.58. The number of fused-ring (bicyclic) bond motifs is 3. The molecule has 266 valence electrons. The summed E-state index contributed by atoms with van der Waals surface area (Å²) in [4.78, 5) is 64.8. The molecule has 0 radical (unpaired) electrons. The predicted molar refractivity (Wildman–Crippen MR) is 171 cm³/mol. The number of rotatable bonds is 12. The van der Waals surface area contributed by atoms with E-state index in [4.69, 9.17) is 23.7 Å². The van der Waals surface area contributed by atoms with Crippen LogP contribution in [0.2, 0.25) is 0 Å². The number of ether oxygens (including phenoxy) is 5. The summed E-state index contributed by atoms with van der Waals surface area (Å²) in [6.07, 6.45) is -2.16. The lowest BCUT2D eigenvalue weighted by atomic mass is 9.49. The van der Waals surface area contributed by atoms with Crippen LogP contribution in [0.3, 0.4) is 0 Å². The lowest BCUT2D eigenvalue weighted by Crippen LogP contribution is -2.63. The van der Waals surface area contributed by atoms with Crippen LogP contribution in [-0.4, -0.2) is 71.6 Å². The standard InChI is InChI=1S/C36H56O11/c1-11-14-25(39)45-24-18-35(9)23(17-20(6)30(42)32(43-21(7)37)33(35)44-22(8)38)29-28(19(4)5)31(46-26(40)15-12-2)34(36(24,29)10)47-27(41)16-13-3/h17,19,23-24,28-34,42H,11-16,18H2,1-10H3/t23-,24-,28+,29+,30-,31+,32-,33+,34-,35+,36-/m0/s1. The maximum absolute atomic E-state index is 13.3. The molecule has 0 aromatic rings. The molecule has 0 aliphatic heterocycles. The molecule has 0 bridgehead atoms. The van der Waals surface area contributed by atoms with Gasteiger partial charge < -0.3 is 28.8 Å². The summed E-state index contributed by atoms with van der Waals surface area (Å²) in [7, 11) is 0. The van der Waals surface area contributed by atoms with Crippen LogP contribution in [0.25, 0.3) is 0 Å². The van der Waals surface area contributed by atoms with E-state index >= 15 is 0 Å². The molecule has 0 heterocycles. The van der Waals surface area contributed by atoms with Gasteiger partial charge in [-0.15, -0.1) is 0 Å². The van der Waals surface area contributed by atoms with Gasteiger partial charge in [0.1, 0.15) is 30.5 Å². The highest BCUT2D eigenvalue weighted by Gasteiger charge is 2.74. The zero-order chi connectivity index (χ0) is 35.4. The largest absolute Gasteiger partial charge is 0.462 e. The topological polar surface area (TPSA) is 152 Å². The average Bonchev–Trinajstić information content (AvgIpc) is 3.17. The molecule has 3 rings (SSSR count). The minimum absolute atomic E-state index is 0.110. The molecule has 3 aliphatic rings. The van der Waals surface area contributed by atoms with E-state index in [1.807, 2.05) is 54.5 Å². The Morgan fingerprint density at radius 2 is 1.30 bits per heavy atom. The highest BCUT2D eigenvalue weighted by Crippen LogP contribution is 2.67. The Morgan fingerprint density at radius 3 is 1.79 bits per heavy atom. The van der Waals surface area contributed by atoms with E-state index < -0.39 is 95.1 Å². The smallest absolute Gasteiger partial charge is 0.306 e. The third-order valence-electron chi connectivity index (χ3n) is 10.6. The van der Waals surface area contributed by atoms with E-state index in [9.17, 15) is 29.1 Å². The van der Waals surface area contributed by atoms with Gasteiger partial charge in [0.25, 0.3) is 0 Å². The molecule has 0 spiro atoms. The van der Waals surface area contributed by atoms with Gasteiger partial charge in [-0.25, -0.2) is 0 Å². The maximum atomic E-state index is 13.3. The van der Waals surface area contributed by atoms with Crippen LogP contribution in [0.15, 0.2) is 11.6 Å². The Kier molecular flexibility index (Phi) is 12.7. The van der Waals surface area contributed by atoms with Crippen molar-refractivity contribution >= 4 is 29.8 Å². The van der Waals surface area contributed by atoms with Crippen molar-refractivity contribution in [1.82, 2.24) is 0 Å². The van der Waals surface area contributed by atoms with Crippen molar-refractivity contribution < 1.29 is 52.8 Å². The zero-order valence-corrected chi connectivity index (χ0v) is 29.8. The number of carbonyl (C=O) groups excluding carboxylic acids is 5. The summed E-state index contributed by atoms with van der Waals surface area (Å²) in [6, 6.07) is 0. The fraction of sp³-hybridized carbons (Fsp3) is 0.806. The van der Waals surface area contributed by atoms with Gasteiger partial charge in [-0.05, 0) is 55.9 Å². The minimum Gasteiger partial charge on any atom is -0.462 e. The van der Waals surface area contributed by atoms with E-state index in [0.29, 0.717) is 24.8 Å². The average molecular weight is 665 g/mol. The van der Waals surface area contributed by atoms with Gasteiger partial charge in [0.15, 0.2) is 6.10 Å². The lowest BCUT2D eigenvalue weighted by molar-refractivity contribution is -0.225. The summed E-state index contributed by atoms with van der Waals surface area (Å²) in [5.41, 5.74) is -1.61. The van der Waals surface area contributed by atoms with Gasteiger partial charge in [-0.2, -0.15) is 0 Å². The third-order valence-corrected chi connectivity index (χ3v) is 10.6. The second-order valence-corrected chi connectivity index (χ2v) is 14.5. The van der Waals surface area contributed by atoms with E-state index in [-0.39, 0.29) is 31.6 Å². The normalized spacial score (nSPS) is 36.3. The number of hydrogen-bond acceptors (Lipinski definition) is 11. The number of hydrogen-bond donors (Lipinski definition) is 1. The number of allylic oxidation sites excluding steroid dienone is 1. The van der Waals surface area contributed by atoms with Crippen molar-refractivity contribution in [1.29, 1.82) is 0 Å². The second kappa shape index (κ2) is 15.5. The molecule has 0 amide bonds. The molecule has 2 saturated carbocycles. The van der Waals surface area contributed by atoms with E-state index in [1.165, 1.54) is 13.8 Å². The number of aliphatic hydroxyl groups excluding tert-OH is 1. The van der Waals surface area contributed by atoms with E-state index in [2.05, 4.69) is 0 Å². The quantitative estimate of drug-likeness (QED) is 0.166. The van der Waals surface area contributed by atoms with Crippen LogP contribution in [0, 0.1) is 34.5 Å². The Bertz CT molecular complexity index is 1210. The van der Waals surface area contributed by atoms with E-state index in [1.54, 1.807) is 6.92 Å². The van der Waals surface area contributed by atoms with Crippen LogP contribution < -0.4 is 0 Å². The SMILES string of the molecule is CCCC(=O)O[C@@H]1[C@H](C(C)C)[C@H]2[C@@H]3C=C(C)[C@H](O)[C@H](OC(C)=O)[C@@H](OC(C)=O)[C@]3(C)C[C@H](OC(=O)CCC)[C@]2(C)[C@H]1OC(=O)CCC. The van der Waals surface area contributed by atoms with Crippen molar-refractivity contribution in [2.45, 2.75) is 151 Å². The van der Waals surface area contributed by atoms with Gasteiger partial charge in [-0.3, -0.25) is 24.0 Å². The van der Waals surface area contributed by atoms with Crippen LogP contribution in [0.5, 0.6) is 0 Å². The predicted octanol–water partition coefficient (Wildman–Crippen LogP) is 5.24. The Balaban J connectivity index is 2.40. The van der Waals surface area contributed by atoms with Gasteiger partial charge in [0.2, 0.25) is 0 Å². The van der Waals surface area contributed by atoms with Gasteiger partial charge in [0.05, 0.1) is 0 Å². The molecule has 0 aromatic carbocycles. The third kappa shape index (κ3) is 7.70. The number of aliphatic hydroxyl groups is 1. The van der Waals surface area contributed by atoms with Crippen LogP contribution in [-0.2, 0) is 47.7 Å². The molecular weight excluding hydrogens is 608 g/mol. The first-order valence-electron chi connectivity index (χ1n) is 17.3. The van der Waals surface area contributed by atoms with Gasteiger partial charge in [0, 0.05) is 49.9 Å². The molecule has 47 heavy (non-hydrogen) atoms. The molecule has 0 unspecified atom stereocenters. The minimum atomic E-state index is -1.30. The van der Waals surface area contributed by atoms with Crippen molar-refractivity contribution in [3.63, 3.8) is 0 Å². The van der Waals surface area contributed by atoms with Crippen LogP contribution in [0.1, 0.15) is 114 Å². The molecule has 11 heteroatoms. The van der Waals surface area contributed by atoms with Gasteiger partial charge >= 0.3 is 29.8 Å². The summed E-state index contributed by atoms with van der Waals surface area (Å²) >= 11 is 0. The fourth-order valence-corrected chi connectivity index (χ4v) is 8.57. The van der Waals surface area contributed by atoms with Crippen molar-refractivity contribution in [3.05, 3.63) is 11.6 Å². The molecule has 11 nitrogen and oxygen atoms in total. The fourth-order valence-electron chi connectivity index (χ4n) is 8.57. The Hall–Kier alpha value is -2.95. The monoisotopic (exact) mass is 664 g/mol. The summed E-state index contributed by atoms with van der Waals surface area (Å²) in [5, 5.41) is 11.6. The van der Waals surface area contributed by atoms with E-state index in [0.717, 1.165) is 0 Å². The van der Waals surface area contributed by atoms with Gasteiger partial charge in [-0.1, -0.05) is 54.5 Å². The van der Waals surface area contributed by atoms with Crippen LogP contribution >= 0.6 is 0 Å². The zero-order valence-electron chi connectivity index (χ0n) is 29.8. The summed E-state index contributed by atoms with van der Waals surface area (Å²) in [5.74, 6) is -4.04. The molecule has 1 N–H and O–H groups in total. The molecular formula is C36H56O11. The highest BCUT2D eigenvalue weighted by molar-refractivity contribution is 5.72. The highest BCUT2D eigenvalue weighted by atomic mass is 16.6. The van der Waals surface area contributed by atoms with Crippen molar-refractivity contribution in [3.8, 4) is 0 Å². The molecule has 0 saturated heterocycles. The second-order valence-electron chi connectivity index (χ2n) is 14.5. The first kappa shape index (κ1) is 38.5. The van der Waals surface area contributed by atoms with Crippen LogP contribution in [0.4, 0.5) is 0 Å². The van der Waals surface area contributed by atoms with Crippen molar-refractivity contribution in [2.24, 2.45) is 34.5 Å². The van der Waals surface area contributed by atoms with Crippen molar-refractivity contribution in [2.75, 3.05) is 0 Å². The number of carbonyl (C=O) groups is 5. The maximum Gasteiger partial charge on any atom is 0.306 e. The first-order valence-corrected chi connectivity index (χ1v) is 17.3. The molecule has 0 aromatic heterocycles. The Labute approximate surface area is 279 Å². The number of esters is 5. The Morgan fingerprint density at radius 1 is 0.787 bits per heavy atom. The molecule has 11 atom stereocenters. The molecule has 3 aliphatic carbocycles. The summed E-state index contributed by atoms with van der Waals surface area (Å²) in [6.45, 7) is 17.7. The first-order chi connectivity index (χ1) is 22.0. The molecule has 2 fully saturated rings. The summed E-state index contributed by atoms with van der Waals surface area (Å²) < 4.78 is 30.5.